The van der Waals surface area contributed by atoms with Gasteiger partial charge in [-0.05, 0) is 24.6 Å². The summed E-state index contributed by atoms with van der Waals surface area (Å²) in [4.78, 5) is 19.8. The molecule has 2 N–H and O–H groups in total. The van der Waals surface area contributed by atoms with Crippen molar-refractivity contribution in [3.63, 3.8) is 0 Å². The average molecular weight is 231 g/mol. The van der Waals surface area contributed by atoms with Crippen LogP contribution in [0.15, 0.2) is 24.4 Å². The van der Waals surface area contributed by atoms with E-state index in [2.05, 4.69) is 14.7 Å². The monoisotopic (exact) mass is 231 g/mol. The van der Waals surface area contributed by atoms with Gasteiger partial charge in [-0.1, -0.05) is 6.07 Å². The van der Waals surface area contributed by atoms with Crippen LogP contribution >= 0.6 is 0 Å². The molecule has 2 rings (SSSR count). The van der Waals surface area contributed by atoms with Gasteiger partial charge in [-0.15, -0.1) is 0 Å². The summed E-state index contributed by atoms with van der Waals surface area (Å²) in [6, 6.07) is 4.82. The van der Waals surface area contributed by atoms with Crippen molar-refractivity contribution < 1.29 is 9.53 Å². The molecule has 1 aromatic carbocycles. The number of benzene rings is 1. The number of nitrogens with two attached hydrogens (primary N) is 1. The largest absolute Gasteiger partial charge is 0.468 e. The molecule has 17 heavy (non-hydrogen) atoms. The van der Waals surface area contributed by atoms with Crippen molar-refractivity contribution in [1.82, 2.24) is 9.97 Å². The lowest BCUT2D eigenvalue weighted by atomic mass is 10.2. The third-order valence-electron chi connectivity index (χ3n) is 2.49. The third kappa shape index (κ3) is 2.24. The molecule has 1 heterocycles. The zero-order valence-electron chi connectivity index (χ0n) is 9.68. The number of nitrogens with zero attached hydrogens (tertiary/aromatic N) is 2. The van der Waals surface area contributed by atoms with Crippen LogP contribution in [0.3, 0.4) is 0 Å². The highest BCUT2D eigenvalue weighted by molar-refractivity contribution is 5.79. The lowest BCUT2D eigenvalue weighted by Gasteiger charge is -2.08. The first-order valence-electron chi connectivity index (χ1n) is 5.18. The lowest BCUT2D eigenvalue weighted by molar-refractivity contribution is -0.142. The van der Waals surface area contributed by atoms with Gasteiger partial charge >= 0.3 is 5.97 Å². The number of esters is 1. The van der Waals surface area contributed by atoms with Crippen LogP contribution < -0.4 is 5.73 Å². The smallest absolute Gasteiger partial charge is 0.328 e. The van der Waals surface area contributed by atoms with Gasteiger partial charge in [-0.2, -0.15) is 0 Å². The van der Waals surface area contributed by atoms with Crippen LogP contribution in [0.1, 0.15) is 17.3 Å². The van der Waals surface area contributed by atoms with Crippen LogP contribution in [-0.2, 0) is 9.53 Å². The molecule has 0 amide bonds. The normalized spacial score (nSPS) is 12.4. The number of hydrogen-bond donors (Lipinski definition) is 1. The Kier molecular flexibility index (Phi) is 3.01. The number of fused-ring (bicyclic) bond motifs is 1. The second-order valence-electron chi connectivity index (χ2n) is 3.79. The molecule has 0 saturated carbocycles. The number of ether oxygens (including phenoxy) is 1. The van der Waals surface area contributed by atoms with E-state index in [1.54, 1.807) is 0 Å². The number of aryl methyl sites for hydroxylation is 1. The highest BCUT2D eigenvalue weighted by Crippen LogP contribution is 2.15. The second-order valence-corrected chi connectivity index (χ2v) is 3.79. The van der Waals surface area contributed by atoms with Crippen LogP contribution in [0.4, 0.5) is 0 Å². The number of carbonyl (C=O) groups is 1. The van der Waals surface area contributed by atoms with E-state index >= 15 is 0 Å². The van der Waals surface area contributed by atoms with Crippen molar-refractivity contribution in [3.8, 4) is 0 Å². The van der Waals surface area contributed by atoms with Crippen molar-refractivity contribution in [2.75, 3.05) is 7.11 Å². The molecular formula is C12H13N3O2. The van der Waals surface area contributed by atoms with Crippen LogP contribution in [0, 0.1) is 6.92 Å². The molecule has 5 nitrogen and oxygen atoms in total. The van der Waals surface area contributed by atoms with Crippen molar-refractivity contribution in [3.05, 3.63) is 35.7 Å². The molecule has 0 aliphatic carbocycles. The van der Waals surface area contributed by atoms with Crippen LogP contribution in [0.5, 0.6) is 0 Å². The minimum atomic E-state index is -0.891. The Hall–Kier alpha value is -2.01. The lowest BCUT2D eigenvalue weighted by Crippen LogP contribution is -2.23. The Balaban J connectivity index is 2.44. The number of rotatable bonds is 2. The zero-order valence-corrected chi connectivity index (χ0v) is 9.68. The molecule has 1 atom stereocenters. The molecule has 0 bridgehead atoms. The average Bonchev–Trinajstić information content (AvgIpc) is 2.36. The SMILES string of the molecule is COC(=O)C(N)c1cnc2cc(C)ccc2n1. The standard InChI is InChI=1S/C12H13N3O2/c1-7-3-4-8-9(5-7)14-6-10(15-8)11(13)12(16)17-2/h3-6,11H,13H2,1-2H3. The molecule has 5 heteroatoms. The van der Waals surface area contributed by atoms with E-state index in [-0.39, 0.29) is 0 Å². The fraction of sp³-hybridized carbons (Fsp3) is 0.250. The van der Waals surface area contributed by atoms with Gasteiger partial charge in [-0.25, -0.2) is 9.78 Å². The molecule has 0 aliphatic rings. The van der Waals surface area contributed by atoms with E-state index < -0.39 is 12.0 Å². The Labute approximate surface area is 98.6 Å². The van der Waals surface area contributed by atoms with E-state index in [4.69, 9.17) is 5.73 Å². The maximum Gasteiger partial charge on any atom is 0.328 e. The number of carbonyl (C=O) groups excluding carboxylic acids is 1. The summed E-state index contributed by atoms with van der Waals surface area (Å²) in [5.74, 6) is -0.522. The van der Waals surface area contributed by atoms with Gasteiger partial charge in [0.1, 0.15) is 6.04 Å². The van der Waals surface area contributed by atoms with Gasteiger partial charge in [0.2, 0.25) is 0 Å². The van der Waals surface area contributed by atoms with E-state index in [0.717, 1.165) is 11.1 Å². The maximum absolute atomic E-state index is 11.3. The van der Waals surface area contributed by atoms with Gasteiger partial charge in [-0.3, -0.25) is 4.98 Å². The minimum Gasteiger partial charge on any atom is -0.468 e. The molecular weight excluding hydrogens is 218 g/mol. The molecule has 0 saturated heterocycles. The maximum atomic E-state index is 11.3. The summed E-state index contributed by atoms with van der Waals surface area (Å²) in [6.07, 6.45) is 1.50. The molecule has 0 aliphatic heterocycles. The fourth-order valence-corrected chi connectivity index (χ4v) is 1.53. The number of methoxy groups -OCH3 is 1. The summed E-state index contributed by atoms with van der Waals surface area (Å²) < 4.78 is 4.57. The summed E-state index contributed by atoms with van der Waals surface area (Å²) >= 11 is 0. The Morgan fingerprint density at radius 3 is 2.88 bits per heavy atom. The topological polar surface area (TPSA) is 78.1 Å². The Bertz CT molecular complexity index is 569. The van der Waals surface area contributed by atoms with Gasteiger partial charge in [0, 0.05) is 0 Å². The predicted octanol–water partition coefficient (Wildman–Crippen LogP) is 1.11. The third-order valence-corrected chi connectivity index (χ3v) is 2.49. The second kappa shape index (κ2) is 4.47. The highest BCUT2D eigenvalue weighted by atomic mass is 16.5. The molecule has 0 fully saturated rings. The summed E-state index contributed by atoms with van der Waals surface area (Å²) in [5.41, 5.74) is 8.71. The van der Waals surface area contributed by atoms with Crippen molar-refractivity contribution in [2.24, 2.45) is 5.73 Å². The van der Waals surface area contributed by atoms with Gasteiger partial charge in [0.15, 0.2) is 0 Å². The molecule has 1 unspecified atom stereocenters. The van der Waals surface area contributed by atoms with E-state index in [1.165, 1.54) is 13.3 Å². The number of hydrogen-bond acceptors (Lipinski definition) is 5. The first-order valence-corrected chi connectivity index (χ1v) is 5.18. The first-order chi connectivity index (χ1) is 8.11. The van der Waals surface area contributed by atoms with Crippen LogP contribution in [0.2, 0.25) is 0 Å². The molecule has 2 aromatic rings. The minimum absolute atomic E-state index is 0.410. The first kappa shape index (κ1) is 11.5. The van der Waals surface area contributed by atoms with Crippen molar-refractivity contribution in [2.45, 2.75) is 13.0 Å². The summed E-state index contributed by atoms with van der Waals surface area (Å²) in [5, 5.41) is 0. The van der Waals surface area contributed by atoms with E-state index in [0.29, 0.717) is 11.2 Å². The van der Waals surface area contributed by atoms with E-state index in [1.807, 2.05) is 25.1 Å². The van der Waals surface area contributed by atoms with Crippen molar-refractivity contribution in [1.29, 1.82) is 0 Å². The number of aromatic nitrogens is 2. The van der Waals surface area contributed by atoms with Gasteiger partial charge < -0.3 is 10.5 Å². The highest BCUT2D eigenvalue weighted by Gasteiger charge is 2.18. The Morgan fingerprint density at radius 2 is 2.18 bits per heavy atom. The van der Waals surface area contributed by atoms with Crippen molar-refractivity contribution >= 4 is 17.0 Å². The molecule has 0 radical (unpaired) electrons. The van der Waals surface area contributed by atoms with E-state index in [9.17, 15) is 4.79 Å². The quantitative estimate of drug-likeness (QED) is 0.783. The Morgan fingerprint density at radius 1 is 1.41 bits per heavy atom. The van der Waals surface area contributed by atoms with Gasteiger partial charge in [0.05, 0.1) is 30.0 Å². The predicted molar refractivity (Wildman–Crippen MR) is 63.2 cm³/mol. The zero-order chi connectivity index (χ0) is 12.4. The summed E-state index contributed by atoms with van der Waals surface area (Å²) in [7, 11) is 1.29. The van der Waals surface area contributed by atoms with Crippen LogP contribution in [-0.4, -0.2) is 23.0 Å². The van der Waals surface area contributed by atoms with Gasteiger partial charge in [0.25, 0.3) is 0 Å². The fourth-order valence-electron chi connectivity index (χ4n) is 1.53. The molecule has 1 aromatic heterocycles. The summed E-state index contributed by atoms with van der Waals surface area (Å²) in [6.45, 7) is 1.98. The molecule has 88 valence electrons. The van der Waals surface area contributed by atoms with Crippen LogP contribution in [0.25, 0.3) is 11.0 Å². The molecule has 0 spiro atoms.